The third-order valence-corrected chi connectivity index (χ3v) is 1.91. The van der Waals surface area contributed by atoms with Gasteiger partial charge in [0.1, 0.15) is 0 Å². The number of nitrogen functional groups attached to an aromatic ring is 1. The molecule has 1 rings (SSSR count). The molecule has 0 bridgehead atoms. The van der Waals surface area contributed by atoms with Crippen molar-refractivity contribution >= 4 is 11.6 Å². The summed E-state index contributed by atoms with van der Waals surface area (Å²) in [5, 5.41) is 2.84. The number of nitrogens with one attached hydrogen (secondary N) is 1. The maximum atomic E-state index is 11.6. The van der Waals surface area contributed by atoms with Gasteiger partial charge in [0.25, 0.3) is 5.91 Å². The van der Waals surface area contributed by atoms with Crippen LogP contribution in [-0.4, -0.2) is 11.9 Å². The van der Waals surface area contributed by atoms with Gasteiger partial charge >= 0.3 is 0 Å². The average Bonchev–Trinajstić information content (AvgIpc) is 2.01. The number of carbonyl (C=O) groups is 1. The number of hydrogen-bond acceptors (Lipinski definition) is 2. The Morgan fingerprint density at radius 3 is 2.57 bits per heavy atom. The summed E-state index contributed by atoms with van der Waals surface area (Å²) in [6, 6.07) is 5.44. The van der Waals surface area contributed by atoms with Crippen LogP contribution >= 0.6 is 0 Å². The molecule has 1 aromatic carbocycles. The van der Waals surface area contributed by atoms with Crippen LogP contribution in [0.3, 0.4) is 0 Å². The van der Waals surface area contributed by atoms with E-state index >= 15 is 0 Å². The van der Waals surface area contributed by atoms with Crippen molar-refractivity contribution in [1.82, 2.24) is 5.32 Å². The Kier molecular flexibility index (Phi) is 3.12. The standard InChI is InChI=1S/C11H16N2O/c1-7(2)13-11(14)10-5-4-9(12)6-8(10)3/h4-7H,12H2,1-3H3,(H,13,14). The van der Waals surface area contributed by atoms with E-state index in [0.29, 0.717) is 11.3 Å². The second-order valence-corrected chi connectivity index (χ2v) is 3.70. The Bertz CT molecular complexity index is 345. The number of anilines is 1. The van der Waals surface area contributed by atoms with Crippen molar-refractivity contribution < 1.29 is 4.79 Å². The highest BCUT2D eigenvalue weighted by atomic mass is 16.1. The summed E-state index contributed by atoms with van der Waals surface area (Å²) in [5.41, 5.74) is 7.87. The smallest absolute Gasteiger partial charge is 0.251 e. The van der Waals surface area contributed by atoms with Crippen molar-refractivity contribution in [3.8, 4) is 0 Å². The molecule has 1 amide bonds. The van der Waals surface area contributed by atoms with Crippen LogP contribution in [-0.2, 0) is 0 Å². The summed E-state index contributed by atoms with van der Waals surface area (Å²) in [5.74, 6) is -0.0440. The number of nitrogens with two attached hydrogens (primary N) is 1. The van der Waals surface area contributed by atoms with E-state index in [1.165, 1.54) is 0 Å². The first kappa shape index (κ1) is 10.6. The van der Waals surface area contributed by atoms with Gasteiger partial charge in [-0.2, -0.15) is 0 Å². The van der Waals surface area contributed by atoms with Crippen LogP contribution in [0.25, 0.3) is 0 Å². The molecule has 3 heteroatoms. The van der Waals surface area contributed by atoms with Crippen LogP contribution in [0.15, 0.2) is 18.2 Å². The molecule has 1 aromatic rings. The van der Waals surface area contributed by atoms with E-state index in [2.05, 4.69) is 5.32 Å². The SMILES string of the molecule is Cc1cc(N)ccc1C(=O)NC(C)C. The van der Waals surface area contributed by atoms with Crippen molar-refractivity contribution in [3.63, 3.8) is 0 Å². The monoisotopic (exact) mass is 192 g/mol. The molecular weight excluding hydrogens is 176 g/mol. The highest BCUT2D eigenvalue weighted by Gasteiger charge is 2.09. The normalized spacial score (nSPS) is 10.3. The number of rotatable bonds is 2. The lowest BCUT2D eigenvalue weighted by atomic mass is 10.1. The molecule has 0 saturated heterocycles. The largest absolute Gasteiger partial charge is 0.399 e. The molecule has 0 aromatic heterocycles. The van der Waals surface area contributed by atoms with Crippen molar-refractivity contribution in [1.29, 1.82) is 0 Å². The first-order chi connectivity index (χ1) is 6.50. The van der Waals surface area contributed by atoms with Gasteiger partial charge in [0, 0.05) is 17.3 Å². The predicted molar refractivity (Wildman–Crippen MR) is 58.2 cm³/mol. The van der Waals surface area contributed by atoms with E-state index in [-0.39, 0.29) is 11.9 Å². The summed E-state index contributed by atoms with van der Waals surface area (Å²) < 4.78 is 0. The predicted octanol–water partition coefficient (Wildman–Crippen LogP) is 1.72. The lowest BCUT2D eigenvalue weighted by Crippen LogP contribution is -2.30. The van der Waals surface area contributed by atoms with E-state index in [4.69, 9.17) is 5.73 Å². The van der Waals surface area contributed by atoms with Crippen LogP contribution in [0.4, 0.5) is 5.69 Å². The van der Waals surface area contributed by atoms with Crippen LogP contribution in [0.2, 0.25) is 0 Å². The van der Waals surface area contributed by atoms with Gasteiger partial charge in [0.2, 0.25) is 0 Å². The first-order valence-electron chi connectivity index (χ1n) is 4.67. The van der Waals surface area contributed by atoms with Gasteiger partial charge < -0.3 is 11.1 Å². The zero-order chi connectivity index (χ0) is 10.7. The maximum absolute atomic E-state index is 11.6. The van der Waals surface area contributed by atoms with Gasteiger partial charge in [0.05, 0.1) is 0 Å². The summed E-state index contributed by atoms with van der Waals surface area (Å²) >= 11 is 0. The number of hydrogen-bond donors (Lipinski definition) is 2. The Labute approximate surface area is 84.3 Å². The maximum Gasteiger partial charge on any atom is 0.251 e. The number of benzene rings is 1. The second-order valence-electron chi connectivity index (χ2n) is 3.70. The van der Waals surface area contributed by atoms with Crippen molar-refractivity contribution in [3.05, 3.63) is 29.3 Å². The number of aryl methyl sites for hydroxylation is 1. The molecule has 3 nitrogen and oxygen atoms in total. The summed E-state index contributed by atoms with van der Waals surface area (Å²) in [6.45, 7) is 5.75. The van der Waals surface area contributed by atoms with Crippen molar-refractivity contribution in [2.45, 2.75) is 26.8 Å². The lowest BCUT2D eigenvalue weighted by Gasteiger charge is -2.10. The minimum atomic E-state index is -0.0440. The van der Waals surface area contributed by atoms with E-state index in [1.54, 1.807) is 18.2 Å². The van der Waals surface area contributed by atoms with Crippen LogP contribution in [0.5, 0.6) is 0 Å². The molecule has 0 aliphatic rings. The van der Waals surface area contributed by atoms with Gasteiger partial charge in [-0.25, -0.2) is 0 Å². The number of carbonyl (C=O) groups excluding carboxylic acids is 1. The molecule has 3 N–H and O–H groups in total. The van der Waals surface area contributed by atoms with Gasteiger partial charge in [0.15, 0.2) is 0 Å². The quantitative estimate of drug-likeness (QED) is 0.701. The van der Waals surface area contributed by atoms with Crippen LogP contribution < -0.4 is 11.1 Å². The van der Waals surface area contributed by atoms with E-state index < -0.39 is 0 Å². The van der Waals surface area contributed by atoms with Crippen LogP contribution in [0.1, 0.15) is 29.8 Å². The molecule has 0 atom stereocenters. The first-order valence-corrected chi connectivity index (χ1v) is 4.67. The second kappa shape index (κ2) is 4.13. The number of amides is 1. The molecule has 0 aliphatic heterocycles. The minimum Gasteiger partial charge on any atom is -0.399 e. The zero-order valence-electron chi connectivity index (χ0n) is 8.79. The lowest BCUT2D eigenvalue weighted by molar-refractivity contribution is 0.0942. The fourth-order valence-electron chi connectivity index (χ4n) is 1.28. The third kappa shape index (κ3) is 2.49. The Morgan fingerprint density at radius 2 is 2.07 bits per heavy atom. The molecular formula is C11H16N2O. The van der Waals surface area contributed by atoms with E-state index in [0.717, 1.165) is 5.56 Å². The molecule has 0 saturated carbocycles. The van der Waals surface area contributed by atoms with Gasteiger partial charge in [-0.1, -0.05) is 0 Å². The van der Waals surface area contributed by atoms with E-state index in [1.807, 2.05) is 20.8 Å². The summed E-state index contributed by atoms with van der Waals surface area (Å²) in [6.07, 6.45) is 0. The molecule has 0 fully saturated rings. The molecule has 76 valence electrons. The Hall–Kier alpha value is -1.51. The summed E-state index contributed by atoms with van der Waals surface area (Å²) in [7, 11) is 0. The highest BCUT2D eigenvalue weighted by molar-refractivity contribution is 5.96. The fourth-order valence-corrected chi connectivity index (χ4v) is 1.28. The topological polar surface area (TPSA) is 55.1 Å². The molecule has 14 heavy (non-hydrogen) atoms. The molecule has 0 aliphatic carbocycles. The van der Waals surface area contributed by atoms with Crippen molar-refractivity contribution in [2.24, 2.45) is 0 Å². The van der Waals surface area contributed by atoms with Crippen LogP contribution in [0, 0.1) is 6.92 Å². The summed E-state index contributed by atoms with van der Waals surface area (Å²) in [4.78, 5) is 11.6. The average molecular weight is 192 g/mol. The molecule has 0 radical (unpaired) electrons. The zero-order valence-corrected chi connectivity index (χ0v) is 8.79. The Balaban J connectivity index is 2.90. The van der Waals surface area contributed by atoms with Crippen molar-refractivity contribution in [2.75, 3.05) is 5.73 Å². The van der Waals surface area contributed by atoms with Gasteiger partial charge in [-0.05, 0) is 44.5 Å². The van der Waals surface area contributed by atoms with E-state index in [9.17, 15) is 4.79 Å². The minimum absolute atomic E-state index is 0.0440. The molecule has 0 spiro atoms. The molecule has 0 unspecified atom stereocenters. The van der Waals surface area contributed by atoms with Gasteiger partial charge in [-0.15, -0.1) is 0 Å². The Morgan fingerprint density at radius 1 is 1.43 bits per heavy atom. The fraction of sp³-hybridized carbons (Fsp3) is 0.364. The third-order valence-electron chi connectivity index (χ3n) is 1.91. The highest BCUT2D eigenvalue weighted by Crippen LogP contribution is 2.12. The molecule has 0 heterocycles. The van der Waals surface area contributed by atoms with Gasteiger partial charge in [-0.3, -0.25) is 4.79 Å².